The smallest absolute Gasteiger partial charge is 0.336 e. The van der Waals surface area contributed by atoms with Crippen LogP contribution in [0.2, 0.25) is 0 Å². The number of carbonyl (C=O) groups excluding carboxylic acids is 1. The molecular weight excluding hydrogens is 192 g/mol. The van der Waals surface area contributed by atoms with Gasteiger partial charge in [-0.15, -0.1) is 0 Å². The summed E-state index contributed by atoms with van der Waals surface area (Å²) in [4.78, 5) is 22.4. The first-order valence-corrected chi connectivity index (χ1v) is 4.71. The summed E-state index contributed by atoms with van der Waals surface area (Å²) in [5.41, 5.74) is 2.86. The Bertz CT molecular complexity index is 445. The van der Waals surface area contributed by atoms with Crippen molar-refractivity contribution in [3.63, 3.8) is 0 Å². The van der Waals surface area contributed by atoms with E-state index in [-0.39, 0.29) is 11.3 Å². The molecule has 0 aromatic heterocycles. The fourth-order valence-electron chi connectivity index (χ4n) is 1.73. The van der Waals surface area contributed by atoms with Crippen LogP contribution in [0.1, 0.15) is 44.3 Å². The third-order valence-electron chi connectivity index (χ3n) is 2.70. The van der Waals surface area contributed by atoms with Gasteiger partial charge in [0.05, 0.1) is 5.56 Å². The van der Waals surface area contributed by atoms with E-state index >= 15 is 0 Å². The molecule has 0 radical (unpaired) electrons. The average Bonchev–Trinajstić information content (AvgIpc) is 2.10. The van der Waals surface area contributed by atoms with E-state index in [2.05, 4.69) is 0 Å². The van der Waals surface area contributed by atoms with Crippen molar-refractivity contribution in [2.45, 2.75) is 27.7 Å². The Labute approximate surface area is 88.7 Å². The van der Waals surface area contributed by atoms with E-state index < -0.39 is 5.97 Å². The summed E-state index contributed by atoms with van der Waals surface area (Å²) in [6, 6.07) is 1.75. The molecule has 0 bridgehead atoms. The summed E-state index contributed by atoms with van der Waals surface area (Å²) >= 11 is 0. The van der Waals surface area contributed by atoms with Crippen LogP contribution in [0, 0.1) is 20.8 Å². The van der Waals surface area contributed by atoms with Gasteiger partial charge < -0.3 is 5.11 Å². The number of aromatic carboxylic acids is 1. The molecule has 0 saturated carbocycles. The average molecular weight is 206 g/mol. The molecule has 0 aliphatic heterocycles. The molecule has 3 nitrogen and oxygen atoms in total. The number of carbonyl (C=O) groups is 2. The molecule has 1 rings (SSSR count). The SMILES string of the molecule is CC(=O)c1cc(C)c(C)c(C(=O)O)c1C. The molecule has 0 heterocycles. The van der Waals surface area contributed by atoms with Crippen molar-refractivity contribution in [1.29, 1.82) is 0 Å². The van der Waals surface area contributed by atoms with Gasteiger partial charge in [-0.3, -0.25) is 4.79 Å². The maximum atomic E-state index is 11.3. The van der Waals surface area contributed by atoms with Crippen molar-refractivity contribution >= 4 is 11.8 Å². The lowest BCUT2D eigenvalue weighted by Crippen LogP contribution is -2.09. The summed E-state index contributed by atoms with van der Waals surface area (Å²) in [6.45, 7) is 6.69. The summed E-state index contributed by atoms with van der Waals surface area (Å²) in [5.74, 6) is -1.07. The molecule has 1 aromatic rings. The van der Waals surface area contributed by atoms with Crippen molar-refractivity contribution in [2.75, 3.05) is 0 Å². The van der Waals surface area contributed by atoms with Crippen molar-refractivity contribution < 1.29 is 14.7 Å². The molecule has 0 amide bonds. The first-order chi connectivity index (χ1) is 6.86. The monoisotopic (exact) mass is 206 g/mol. The van der Waals surface area contributed by atoms with Crippen LogP contribution in [0.5, 0.6) is 0 Å². The van der Waals surface area contributed by atoms with Gasteiger partial charge in [-0.2, -0.15) is 0 Å². The van der Waals surface area contributed by atoms with Gasteiger partial charge in [-0.05, 0) is 50.5 Å². The van der Waals surface area contributed by atoms with Crippen molar-refractivity contribution in [3.05, 3.63) is 33.9 Å². The van der Waals surface area contributed by atoms with E-state index in [0.29, 0.717) is 11.1 Å². The largest absolute Gasteiger partial charge is 0.478 e. The number of hydrogen-bond acceptors (Lipinski definition) is 2. The summed E-state index contributed by atoms with van der Waals surface area (Å²) in [7, 11) is 0. The van der Waals surface area contributed by atoms with Gasteiger partial charge in [0.1, 0.15) is 0 Å². The standard InChI is InChI=1S/C12H14O3/c1-6-5-10(9(4)13)8(3)11(7(6)2)12(14)15/h5H,1-4H3,(H,14,15). The number of carboxylic acid groups (broad SMARTS) is 1. The van der Waals surface area contributed by atoms with E-state index in [1.807, 2.05) is 6.92 Å². The van der Waals surface area contributed by atoms with E-state index in [4.69, 9.17) is 5.11 Å². The van der Waals surface area contributed by atoms with E-state index in [1.54, 1.807) is 19.9 Å². The van der Waals surface area contributed by atoms with Crippen LogP contribution in [-0.4, -0.2) is 16.9 Å². The summed E-state index contributed by atoms with van der Waals surface area (Å²) in [6.07, 6.45) is 0. The zero-order chi connectivity index (χ0) is 11.7. The maximum absolute atomic E-state index is 11.3. The summed E-state index contributed by atoms with van der Waals surface area (Å²) in [5, 5.41) is 9.07. The van der Waals surface area contributed by atoms with Crippen molar-refractivity contribution in [3.8, 4) is 0 Å². The lowest BCUT2D eigenvalue weighted by molar-refractivity contribution is 0.0695. The molecule has 3 heteroatoms. The van der Waals surface area contributed by atoms with Gasteiger partial charge in [0.25, 0.3) is 0 Å². The zero-order valence-electron chi connectivity index (χ0n) is 9.34. The number of carboxylic acids is 1. The molecule has 0 unspecified atom stereocenters. The lowest BCUT2D eigenvalue weighted by Gasteiger charge is -2.12. The highest BCUT2D eigenvalue weighted by Crippen LogP contribution is 2.22. The highest BCUT2D eigenvalue weighted by Gasteiger charge is 2.17. The maximum Gasteiger partial charge on any atom is 0.336 e. The predicted molar refractivity (Wildman–Crippen MR) is 57.6 cm³/mol. The second kappa shape index (κ2) is 3.85. The number of ketones is 1. The number of aryl methyl sites for hydroxylation is 1. The molecule has 15 heavy (non-hydrogen) atoms. The molecule has 1 aromatic carbocycles. The third kappa shape index (κ3) is 1.91. The van der Waals surface area contributed by atoms with Crippen LogP contribution in [0.25, 0.3) is 0 Å². The van der Waals surface area contributed by atoms with Crippen LogP contribution in [0.4, 0.5) is 0 Å². The second-order valence-corrected chi connectivity index (χ2v) is 3.73. The Morgan fingerprint density at radius 2 is 1.67 bits per heavy atom. The van der Waals surface area contributed by atoms with Gasteiger partial charge in [0.15, 0.2) is 5.78 Å². The minimum atomic E-state index is -0.976. The molecule has 0 aliphatic carbocycles. The lowest BCUT2D eigenvalue weighted by atomic mass is 9.92. The van der Waals surface area contributed by atoms with E-state index in [0.717, 1.165) is 11.1 Å². The Morgan fingerprint density at radius 3 is 2.07 bits per heavy atom. The number of rotatable bonds is 2. The molecule has 0 saturated heterocycles. The Balaban J connectivity index is 3.63. The van der Waals surface area contributed by atoms with Crippen LogP contribution >= 0.6 is 0 Å². The Hall–Kier alpha value is -1.64. The van der Waals surface area contributed by atoms with Crippen LogP contribution in [0.3, 0.4) is 0 Å². The minimum Gasteiger partial charge on any atom is -0.478 e. The summed E-state index contributed by atoms with van der Waals surface area (Å²) < 4.78 is 0. The van der Waals surface area contributed by atoms with Gasteiger partial charge >= 0.3 is 5.97 Å². The van der Waals surface area contributed by atoms with Crippen LogP contribution < -0.4 is 0 Å². The molecule has 0 aliphatic rings. The number of benzene rings is 1. The predicted octanol–water partition coefficient (Wildman–Crippen LogP) is 2.51. The first-order valence-electron chi connectivity index (χ1n) is 4.71. The molecule has 0 atom stereocenters. The van der Waals surface area contributed by atoms with Gasteiger partial charge in [0, 0.05) is 5.56 Å². The highest BCUT2D eigenvalue weighted by atomic mass is 16.4. The quantitative estimate of drug-likeness (QED) is 0.756. The third-order valence-corrected chi connectivity index (χ3v) is 2.70. The number of hydrogen-bond donors (Lipinski definition) is 1. The fourth-order valence-corrected chi connectivity index (χ4v) is 1.73. The van der Waals surface area contributed by atoms with Gasteiger partial charge in [0.2, 0.25) is 0 Å². The highest BCUT2D eigenvalue weighted by molar-refractivity contribution is 6.01. The minimum absolute atomic E-state index is 0.0990. The van der Waals surface area contributed by atoms with Gasteiger partial charge in [-0.25, -0.2) is 4.79 Å². The molecule has 0 fully saturated rings. The topological polar surface area (TPSA) is 54.4 Å². The Kier molecular flexibility index (Phi) is 2.93. The van der Waals surface area contributed by atoms with E-state index in [9.17, 15) is 9.59 Å². The zero-order valence-corrected chi connectivity index (χ0v) is 9.34. The molecule has 0 spiro atoms. The van der Waals surface area contributed by atoms with E-state index in [1.165, 1.54) is 6.92 Å². The molecular formula is C12H14O3. The first kappa shape index (κ1) is 11.4. The molecule has 1 N–H and O–H groups in total. The van der Waals surface area contributed by atoms with Crippen LogP contribution in [-0.2, 0) is 0 Å². The Morgan fingerprint density at radius 1 is 1.13 bits per heavy atom. The van der Waals surface area contributed by atoms with Crippen LogP contribution in [0.15, 0.2) is 6.07 Å². The van der Waals surface area contributed by atoms with Gasteiger partial charge in [-0.1, -0.05) is 0 Å². The second-order valence-electron chi connectivity index (χ2n) is 3.73. The molecule has 80 valence electrons. The van der Waals surface area contributed by atoms with Crippen molar-refractivity contribution in [2.24, 2.45) is 0 Å². The number of Topliss-reactive ketones (excluding diaryl/α,β-unsaturated/α-hetero) is 1. The normalized spacial score (nSPS) is 10.1. The van der Waals surface area contributed by atoms with Crippen molar-refractivity contribution in [1.82, 2.24) is 0 Å². The fraction of sp³-hybridized carbons (Fsp3) is 0.333.